The Morgan fingerprint density at radius 3 is 2.66 bits per heavy atom. The van der Waals surface area contributed by atoms with Crippen molar-refractivity contribution in [3.8, 4) is 0 Å². The van der Waals surface area contributed by atoms with Gasteiger partial charge in [0.15, 0.2) is 5.41 Å². The van der Waals surface area contributed by atoms with E-state index in [0.717, 1.165) is 23.4 Å². The van der Waals surface area contributed by atoms with E-state index in [1.807, 2.05) is 6.92 Å². The van der Waals surface area contributed by atoms with Gasteiger partial charge in [-0.3, -0.25) is 29.5 Å². The fourth-order valence-electron chi connectivity index (χ4n) is 5.10. The number of non-ortho nitro benzene ring substituents is 1. The number of anilines is 1. The lowest BCUT2D eigenvalue weighted by molar-refractivity contribution is -0.384. The minimum absolute atomic E-state index is 0.0695. The fraction of sp³-hybridized carbons (Fsp3) is 0.550. The number of nitro benzene ring substituents is 1. The Morgan fingerprint density at radius 1 is 1.21 bits per heavy atom. The third-order valence-electron chi connectivity index (χ3n) is 6.40. The second kappa shape index (κ2) is 6.82. The van der Waals surface area contributed by atoms with Crippen molar-refractivity contribution in [3.63, 3.8) is 0 Å². The van der Waals surface area contributed by atoms with Crippen LogP contribution in [-0.2, 0) is 16.0 Å². The van der Waals surface area contributed by atoms with E-state index in [4.69, 9.17) is 0 Å². The number of hydrogen-bond acceptors (Lipinski definition) is 6. The number of hydrogen-bond donors (Lipinski definition) is 0. The third kappa shape index (κ3) is 2.63. The second-order valence-corrected chi connectivity index (χ2v) is 8.03. The largest absolute Gasteiger partial charge is 0.367 e. The average molecular weight is 400 g/mol. The number of carbonyl (C=O) groups excluding carboxylic acids is 3. The molecule has 9 heteroatoms. The van der Waals surface area contributed by atoms with Gasteiger partial charge in [0.05, 0.1) is 11.0 Å². The van der Waals surface area contributed by atoms with Crippen molar-refractivity contribution in [2.45, 2.75) is 45.1 Å². The summed E-state index contributed by atoms with van der Waals surface area (Å²) in [6, 6.07) is 3.68. The molecule has 3 aliphatic rings. The molecule has 0 bridgehead atoms. The van der Waals surface area contributed by atoms with E-state index in [-0.39, 0.29) is 24.7 Å². The molecule has 2 atom stereocenters. The van der Waals surface area contributed by atoms with Gasteiger partial charge in [-0.1, -0.05) is 6.92 Å². The van der Waals surface area contributed by atoms with Gasteiger partial charge in [-0.2, -0.15) is 0 Å². The van der Waals surface area contributed by atoms with Crippen molar-refractivity contribution in [2.75, 3.05) is 25.0 Å². The third-order valence-corrected chi connectivity index (χ3v) is 6.40. The minimum Gasteiger partial charge on any atom is -0.367 e. The van der Waals surface area contributed by atoms with E-state index in [0.29, 0.717) is 24.9 Å². The zero-order valence-electron chi connectivity index (χ0n) is 16.6. The highest BCUT2D eigenvalue weighted by Crippen LogP contribution is 2.49. The number of barbiturate groups is 1. The predicted molar refractivity (Wildman–Crippen MR) is 104 cm³/mol. The van der Waals surface area contributed by atoms with Gasteiger partial charge in [0.1, 0.15) is 0 Å². The van der Waals surface area contributed by atoms with Crippen molar-refractivity contribution < 1.29 is 19.3 Å². The monoisotopic (exact) mass is 400 g/mol. The number of rotatable bonds is 3. The van der Waals surface area contributed by atoms with Gasteiger partial charge in [-0.05, 0) is 37.3 Å². The van der Waals surface area contributed by atoms with Crippen molar-refractivity contribution in [1.82, 2.24) is 9.80 Å². The molecular weight excluding hydrogens is 376 g/mol. The molecule has 4 amide bonds. The van der Waals surface area contributed by atoms with E-state index in [2.05, 4.69) is 4.90 Å². The maximum Gasteiger partial charge on any atom is 0.333 e. The Kier molecular flexibility index (Phi) is 4.55. The van der Waals surface area contributed by atoms with E-state index in [1.165, 1.54) is 24.1 Å². The highest BCUT2D eigenvalue weighted by Gasteiger charge is 2.63. The summed E-state index contributed by atoms with van der Waals surface area (Å²) in [5, 5.41) is 11.3. The van der Waals surface area contributed by atoms with Crippen molar-refractivity contribution in [2.24, 2.45) is 5.41 Å². The molecule has 0 aromatic heterocycles. The van der Waals surface area contributed by atoms with Crippen LogP contribution in [0.15, 0.2) is 18.2 Å². The van der Waals surface area contributed by atoms with Gasteiger partial charge in [0, 0.05) is 44.4 Å². The Labute approximate surface area is 168 Å². The summed E-state index contributed by atoms with van der Waals surface area (Å²) in [6.07, 6.45) is 3.12. The Balaban J connectivity index is 1.90. The van der Waals surface area contributed by atoms with Gasteiger partial charge in [-0.15, -0.1) is 0 Å². The van der Waals surface area contributed by atoms with Crippen LogP contribution in [-0.4, -0.2) is 58.7 Å². The number of piperidine rings is 1. The maximum atomic E-state index is 13.6. The molecule has 3 aliphatic heterocycles. The molecule has 0 radical (unpaired) electrons. The first-order chi connectivity index (χ1) is 13.8. The number of carbonyl (C=O) groups is 3. The summed E-state index contributed by atoms with van der Waals surface area (Å²) in [5.41, 5.74) is -0.0493. The summed E-state index contributed by atoms with van der Waals surface area (Å²) in [5.74, 6) is -0.976. The summed E-state index contributed by atoms with van der Waals surface area (Å²) in [6.45, 7) is 2.78. The maximum absolute atomic E-state index is 13.6. The molecular formula is C20H24N4O5. The smallest absolute Gasteiger partial charge is 0.333 e. The Bertz CT molecular complexity index is 916. The summed E-state index contributed by atoms with van der Waals surface area (Å²) >= 11 is 0. The van der Waals surface area contributed by atoms with Crippen molar-refractivity contribution in [1.29, 1.82) is 0 Å². The quantitative estimate of drug-likeness (QED) is 0.438. The van der Waals surface area contributed by atoms with Crippen LogP contribution >= 0.6 is 0 Å². The van der Waals surface area contributed by atoms with Crippen LogP contribution in [0.1, 0.15) is 38.2 Å². The lowest BCUT2D eigenvalue weighted by Crippen LogP contribution is -2.72. The normalized spacial score (nSPS) is 26.6. The van der Waals surface area contributed by atoms with Gasteiger partial charge in [0.25, 0.3) is 5.69 Å². The van der Waals surface area contributed by atoms with E-state index < -0.39 is 28.2 Å². The van der Waals surface area contributed by atoms with Crippen LogP contribution in [0, 0.1) is 15.5 Å². The van der Waals surface area contributed by atoms with Crippen LogP contribution in [0.4, 0.5) is 16.2 Å². The minimum atomic E-state index is -1.43. The fourth-order valence-corrected chi connectivity index (χ4v) is 5.10. The average Bonchev–Trinajstić information content (AvgIpc) is 2.73. The van der Waals surface area contributed by atoms with E-state index >= 15 is 0 Å². The van der Waals surface area contributed by atoms with Crippen LogP contribution in [0.5, 0.6) is 0 Å². The molecule has 0 saturated carbocycles. The lowest BCUT2D eigenvalue weighted by atomic mass is 9.65. The Hall–Kier alpha value is -2.97. The molecule has 1 spiro atoms. The lowest BCUT2D eigenvalue weighted by Gasteiger charge is -2.55. The molecule has 29 heavy (non-hydrogen) atoms. The molecule has 0 aliphatic carbocycles. The van der Waals surface area contributed by atoms with Gasteiger partial charge in [-0.25, -0.2) is 4.79 Å². The predicted octanol–water partition coefficient (Wildman–Crippen LogP) is 2.33. The molecule has 3 heterocycles. The van der Waals surface area contributed by atoms with Gasteiger partial charge >= 0.3 is 6.03 Å². The number of urea groups is 1. The Morgan fingerprint density at radius 2 is 1.97 bits per heavy atom. The molecule has 1 aromatic carbocycles. The molecule has 2 saturated heterocycles. The van der Waals surface area contributed by atoms with Gasteiger partial charge in [0.2, 0.25) is 11.8 Å². The van der Waals surface area contributed by atoms with Crippen LogP contribution in [0.3, 0.4) is 0 Å². The van der Waals surface area contributed by atoms with Gasteiger partial charge < -0.3 is 4.90 Å². The number of amides is 4. The SMILES string of the molecule is CCCN1C(=O)N(C)C(=O)[C@@]2(Cc3cc([N+](=O)[O-])ccc3N3CCCC[C@H]32)C1=O. The number of nitro groups is 1. The highest BCUT2D eigenvalue weighted by atomic mass is 16.6. The topological polar surface area (TPSA) is 104 Å². The first-order valence-corrected chi connectivity index (χ1v) is 10.0. The number of fused-ring (bicyclic) bond motifs is 4. The molecule has 1 aromatic rings. The summed E-state index contributed by atoms with van der Waals surface area (Å²) < 4.78 is 0. The van der Waals surface area contributed by atoms with Crippen LogP contribution in [0.2, 0.25) is 0 Å². The second-order valence-electron chi connectivity index (χ2n) is 8.03. The van der Waals surface area contributed by atoms with E-state index in [1.54, 1.807) is 6.07 Å². The summed E-state index contributed by atoms with van der Waals surface area (Å²) in [7, 11) is 1.41. The van der Waals surface area contributed by atoms with Crippen LogP contribution in [0.25, 0.3) is 0 Å². The molecule has 154 valence electrons. The first kappa shape index (κ1) is 19.4. The molecule has 0 N–H and O–H groups in total. The zero-order chi connectivity index (χ0) is 20.9. The molecule has 4 rings (SSSR count). The number of benzene rings is 1. The number of imide groups is 2. The zero-order valence-corrected chi connectivity index (χ0v) is 16.6. The molecule has 2 fully saturated rings. The highest BCUT2D eigenvalue weighted by molar-refractivity contribution is 6.20. The molecule has 9 nitrogen and oxygen atoms in total. The molecule has 0 unspecified atom stereocenters. The van der Waals surface area contributed by atoms with E-state index in [9.17, 15) is 24.5 Å². The summed E-state index contributed by atoms with van der Waals surface area (Å²) in [4.78, 5) is 54.8. The van der Waals surface area contributed by atoms with Crippen molar-refractivity contribution in [3.05, 3.63) is 33.9 Å². The number of nitrogens with zero attached hydrogens (tertiary/aromatic N) is 4. The first-order valence-electron chi connectivity index (χ1n) is 10.0. The van der Waals surface area contributed by atoms with Crippen LogP contribution < -0.4 is 4.90 Å². The van der Waals surface area contributed by atoms with Crippen molar-refractivity contribution >= 4 is 29.2 Å². The standard InChI is InChI=1S/C20H24N4O5/c1-3-9-23-18(26)20(17(25)21(2)19(23)27)12-13-11-14(24(28)29)7-8-15(13)22-10-5-4-6-16(20)22/h7-8,11,16H,3-6,9-10,12H2,1-2H3/t16-,20-/m0/s1.